The number of aryl methyl sites for hydroxylation is 1. The summed E-state index contributed by atoms with van der Waals surface area (Å²) in [6.07, 6.45) is 11.0. The molecule has 0 aliphatic heterocycles. The molecule has 0 bridgehead atoms. The van der Waals surface area contributed by atoms with E-state index in [1.807, 2.05) is 0 Å². The van der Waals surface area contributed by atoms with Crippen LogP contribution in [0.5, 0.6) is 0 Å². The van der Waals surface area contributed by atoms with Crippen molar-refractivity contribution in [2.24, 2.45) is 11.8 Å². The maximum Gasteiger partial charge on any atom is 0.131 e. The molecule has 1 saturated carbocycles. The van der Waals surface area contributed by atoms with E-state index in [-0.39, 0.29) is 0 Å². The summed E-state index contributed by atoms with van der Waals surface area (Å²) in [6.45, 7) is 6.80. The van der Waals surface area contributed by atoms with Crippen molar-refractivity contribution < 1.29 is 0 Å². The molecule has 116 valence electrons. The van der Waals surface area contributed by atoms with Crippen LogP contribution >= 0.6 is 0 Å². The van der Waals surface area contributed by atoms with Crippen LogP contribution < -0.4 is 5.32 Å². The van der Waals surface area contributed by atoms with Crippen LogP contribution in [-0.4, -0.2) is 23.1 Å². The first-order valence-corrected chi connectivity index (χ1v) is 8.77. The normalized spacial score (nSPS) is 22.7. The summed E-state index contributed by atoms with van der Waals surface area (Å²) in [4.78, 5) is 9.59. The average Bonchev–Trinajstić information content (AvgIpc) is 3.00. The molecule has 1 aromatic heterocycles. The van der Waals surface area contributed by atoms with Gasteiger partial charge >= 0.3 is 0 Å². The highest BCUT2D eigenvalue weighted by molar-refractivity contribution is 5.22. The number of rotatable bonds is 5. The molecular weight excluding hydrogens is 258 g/mol. The summed E-state index contributed by atoms with van der Waals surface area (Å²) in [7, 11) is 0. The minimum absolute atomic E-state index is 0.640. The summed E-state index contributed by atoms with van der Waals surface area (Å²) in [5.74, 6) is 3.26. The van der Waals surface area contributed by atoms with Gasteiger partial charge in [-0.3, -0.25) is 0 Å². The quantitative estimate of drug-likeness (QED) is 0.901. The van der Waals surface area contributed by atoms with Crippen LogP contribution in [0.2, 0.25) is 0 Å². The third-order valence-electron chi connectivity index (χ3n) is 4.98. The van der Waals surface area contributed by atoms with Crippen molar-refractivity contribution in [1.82, 2.24) is 15.3 Å². The maximum atomic E-state index is 4.91. The van der Waals surface area contributed by atoms with Gasteiger partial charge in [-0.25, -0.2) is 9.97 Å². The molecule has 1 N–H and O–H groups in total. The van der Waals surface area contributed by atoms with Crippen LogP contribution in [0.1, 0.15) is 69.0 Å². The first kappa shape index (κ1) is 15.0. The predicted molar refractivity (Wildman–Crippen MR) is 86.5 cm³/mol. The van der Waals surface area contributed by atoms with Crippen molar-refractivity contribution >= 4 is 0 Å². The van der Waals surface area contributed by atoms with Crippen LogP contribution in [-0.2, 0) is 12.8 Å². The van der Waals surface area contributed by atoms with Gasteiger partial charge in [0.1, 0.15) is 5.82 Å². The Morgan fingerprint density at radius 1 is 1.24 bits per heavy atom. The third-order valence-corrected chi connectivity index (χ3v) is 4.98. The van der Waals surface area contributed by atoms with Crippen molar-refractivity contribution in [3.8, 4) is 0 Å². The Morgan fingerprint density at radius 2 is 2.05 bits per heavy atom. The standard InChI is InChI=1S/C18H29N3/c1-13(2)10-19-11-14-7-8-17-16(9-14)12-20-18(21-17)15-5-3-4-6-15/h12-15,19H,3-11H2,1-2H3. The van der Waals surface area contributed by atoms with Crippen molar-refractivity contribution in [1.29, 1.82) is 0 Å². The number of fused-ring (bicyclic) bond motifs is 1. The third kappa shape index (κ3) is 3.82. The number of nitrogens with zero attached hydrogens (tertiary/aromatic N) is 2. The lowest BCUT2D eigenvalue weighted by Crippen LogP contribution is -2.30. The molecule has 1 atom stereocenters. The number of hydrogen-bond acceptors (Lipinski definition) is 3. The highest BCUT2D eigenvalue weighted by atomic mass is 14.9. The summed E-state index contributed by atoms with van der Waals surface area (Å²) >= 11 is 0. The Kier molecular flexibility index (Phi) is 4.89. The molecular formula is C18H29N3. The van der Waals surface area contributed by atoms with E-state index in [1.54, 1.807) is 0 Å². The molecule has 1 fully saturated rings. The molecule has 0 radical (unpaired) electrons. The highest BCUT2D eigenvalue weighted by Gasteiger charge is 2.24. The highest BCUT2D eigenvalue weighted by Crippen LogP contribution is 2.33. The van der Waals surface area contributed by atoms with Crippen LogP contribution in [0.15, 0.2) is 6.20 Å². The van der Waals surface area contributed by atoms with Gasteiger partial charge in [-0.1, -0.05) is 26.7 Å². The largest absolute Gasteiger partial charge is 0.316 e. The number of nitrogens with one attached hydrogen (secondary N) is 1. The summed E-state index contributed by atoms with van der Waals surface area (Å²) < 4.78 is 0. The smallest absolute Gasteiger partial charge is 0.131 e. The molecule has 1 aromatic rings. The lowest BCUT2D eigenvalue weighted by molar-refractivity contribution is 0.404. The van der Waals surface area contributed by atoms with Gasteiger partial charge in [0.2, 0.25) is 0 Å². The lowest BCUT2D eigenvalue weighted by atomic mass is 9.87. The minimum atomic E-state index is 0.640. The topological polar surface area (TPSA) is 37.8 Å². The Balaban J connectivity index is 1.59. The van der Waals surface area contributed by atoms with Crippen LogP contribution in [0, 0.1) is 11.8 Å². The van der Waals surface area contributed by atoms with Crippen LogP contribution in [0.4, 0.5) is 0 Å². The fourth-order valence-electron chi connectivity index (χ4n) is 3.73. The molecule has 2 aliphatic carbocycles. The minimum Gasteiger partial charge on any atom is -0.316 e. The molecule has 3 heteroatoms. The van der Waals surface area contributed by atoms with Crippen molar-refractivity contribution in [3.05, 3.63) is 23.3 Å². The second kappa shape index (κ2) is 6.87. The molecule has 0 saturated heterocycles. The second-order valence-corrected chi connectivity index (χ2v) is 7.34. The zero-order valence-electron chi connectivity index (χ0n) is 13.6. The van der Waals surface area contributed by atoms with Gasteiger partial charge in [-0.05, 0) is 62.6 Å². The van der Waals surface area contributed by atoms with E-state index < -0.39 is 0 Å². The van der Waals surface area contributed by atoms with E-state index in [0.29, 0.717) is 5.92 Å². The van der Waals surface area contributed by atoms with Crippen LogP contribution in [0.3, 0.4) is 0 Å². The summed E-state index contributed by atoms with van der Waals surface area (Å²) in [5, 5.41) is 3.60. The van der Waals surface area contributed by atoms with Gasteiger partial charge < -0.3 is 5.32 Å². The second-order valence-electron chi connectivity index (χ2n) is 7.34. The fourth-order valence-corrected chi connectivity index (χ4v) is 3.73. The van der Waals surface area contributed by atoms with Crippen molar-refractivity contribution in [2.45, 2.75) is 64.7 Å². The van der Waals surface area contributed by atoms with E-state index in [9.17, 15) is 0 Å². The van der Waals surface area contributed by atoms with E-state index >= 15 is 0 Å². The molecule has 1 heterocycles. The molecule has 0 spiro atoms. The first-order valence-electron chi connectivity index (χ1n) is 8.77. The van der Waals surface area contributed by atoms with E-state index in [2.05, 4.69) is 30.3 Å². The van der Waals surface area contributed by atoms with Crippen molar-refractivity contribution in [3.63, 3.8) is 0 Å². The zero-order valence-corrected chi connectivity index (χ0v) is 13.6. The average molecular weight is 287 g/mol. The number of aromatic nitrogens is 2. The molecule has 3 nitrogen and oxygen atoms in total. The van der Waals surface area contributed by atoms with E-state index in [4.69, 9.17) is 4.98 Å². The monoisotopic (exact) mass is 287 g/mol. The molecule has 1 unspecified atom stereocenters. The van der Waals surface area contributed by atoms with Gasteiger partial charge in [0.15, 0.2) is 0 Å². The summed E-state index contributed by atoms with van der Waals surface area (Å²) in [6, 6.07) is 0. The van der Waals surface area contributed by atoms with E-state index in [0.717, 1.165) is 43.6 Å². The Bertz CT molecular complexity index is 464. The molecule has 0 amide bonds. The zero-order chi connectivity index (χ0) is 14.7. The van der Waals surface area contributed by atoms with Gasteiger partial charge in [0.25, 0.3) is 0 Å². The van der Waals surface area contributed by atoms with Gasteiger partial charge in [-0.15, -0.1) is 0 Å². The molecule has 21 heavy (non-hydrogen) atoms. The Hall–Kier alpha value is -0.960. The molecule has 3 rings (SSSR count). The first-order chi connectivity index (χ1) is 10.2. The predicted octanol–water partition coefficient (Wildman–Crippen LogP) is 3.48. The maximum absolute atomic E-state index is 4.91. The van der Waals surface area contributed by atoms with Gasteiger partial charge in [-0.2, -0.15) is 0 Å². The Morgan fingerprint density at radius 3 is 2.81 bits per heavy atom. The van der Waals surface area contributed by atoms with Crippen molar-refractivity contribution in [2.75, 3.05) is 13.1 Å². The fraction of sp³-hybridized carbons (Fsp3) is 0.778. The lowest BCUT2D eigenvalue weighted by Gasteiger charge is -2.25. The van der Waals surface area contributed by atoms with Gasteiger partial charge in [0.05, 0.1) is 0 Å². The molecule has 2 aliphatic rings. The summed E-state index contributed by atoms with van der Waals surface area (Å²) in [5.41, 5.74) is 2.74. The van der Waals surface area contributed by atoms with Crippen LogP contribution in [0.25, 0.3) is 0 Å². The van der Waals surface area contributed by atoms with E-state index in [1.165, 1.54) is 43.4 Å². The Labute approximate surface area is 129 Å². The number of hydrogen-bond donors (Lipinski definition) is 1. The molecule has 0 aromatic carbocycles. The SMILES string of the molecule is CC(C)CNCC1CCc2nc(C3CCCC3)ncc2C1. The van der Waals surface area contributed by atoms with Gasteiger partial charge in [0, 0.05) is 17.8 Å².